The molecule has 4 aliphatic rings. The number of nitrogens with zero attached hydrogens (tertiary/aromatic N) is 4. The molecule has 4 fully saturated rings. The quantitative estimate of drug-likeness (QED) is 0.713. The van der Waals surface area contributed by atoms with E-state index in [1.807, 2.05) is 12.1 Å². The third kappa shape index (κ3) is 4.29. The molecule has 2 aliphatic carbocycles. The summed E-state index contributed by atoms with van der Waals surface area (Å²) in [4.78, 5) is 14.1. The summed E-state index contributed by atoms with van der Waals surface area (Å²) in [7, 11) is 0. The maximum Gasteiger partial charge on any atom is 0.132 e. The molecule has 0 aromatic carbocycles. The molecule has 0 spiro atoms. The number of anilines is 1. The number of nitrogens with one attached hydrogen (secondary N) is 2. The Balaban J connectivity index is 1.10. The molecule has 2 saturated carbocycles. The SMILES string of the molecule is CC1(OC2CCC3NNC(c4cc(N5CCN(Cc6ccco6)CC5)ncn4)C3C2)CC1. The summed E-state index contributed by atoms with van der Waals surface area (Å²) >= 11 is 0. The standard InChI is InChI=1S/C24H34N6O2/c1-24(6-7-24)32-17-4-5-20-19(13-17)23(28-27-20)21-14-22(26-16-25-21)30-10-8-29(9-11-30)15-18-3-2-12-31-18/h2-3,12,14,16-17,19-20,23,27-28H,4-11,13,15H2,1H3. The summed E-state index contributed by atoms with van der Waals surface area (Å²) in [5.41, 5.74) is 8.32. The van der Waals surface area contributed by atoms with Crippen LogP contribution in [-0.4, -0.2) is 58.8 Å². The van der Waals surface area contributed by atoms with Gasteiger partial charge in [0.2, 0.25) is 0 Å². The van der Waals surface area contributed by atoms with Crippen molar-refractivity contribution in [2.75, 3.05) is 31.1 Å². The molecule has 2 aliphatic heterocycles. The van der Waals surface area contributed by atoms with Crippen molar-refractivity contribution in [3.8, 4) is 0 Å². The summed E-state index contributed by atoms with van der Waals surface area (Å²) in [5, 5.41) is 0. The number of hydrogen-bond acceptors (Lipinski definition) is 8. The van der Waals surface area contributed by atoms with Crippen LogP contribution < -0.4 is 15.8 Å². The lowest BCUT2D eigenvalue weighted by molar-refractivity contribution is -0.0500. The van der Waals surface area contributed by atoms with Gasteiger partial charge in [-0.05, 0) is 51.2 Å². The van der Waals surface area contributed by atoms with Crippen LogP contribution in [0.3, 0.4) is 0 Å². The highest BCUT2D eigenvalue weighted by Gasteiger charge is 2.46. The van der Waals surface area contributed by atoms with Crippen molar-refractivity contribution >= 4 is 5.82 Å². The van der Waals surface area contributed by atoms with Gasteiger partial charge in [0.05, 0.1) is 36.2 Å². The molecule has 2 saturated heterocycles. The van der Waals surface area contributed by atoms with E-state index in [1.165, 1.54) is 12.8 Å². The second-order valence-electron chi connectivity index (χ2n) is 10.2. The Hall–Kier alpha value is -2.00. The van der Waals surface area contributed by atoms with E-state index in [2.05, 4.69) is 43.6 Å². The maximum atomic E-state index is 6.44. The van der Waals surface area contributed by atoms with Gasteiger partial charge in [0.15, 0.2) is 0 Å². The zero-order chi connectivity index (χ0) is 21.5. The smallest absolute Gasteiger partial charge is 0.132 e. The Morgan fingerprint density at radius 2 is 2.03 bits per heavy atom. The fourth-order valence-corrected chi connectivity index (χ4v) is 5.58. The monoisotopic (exact) mass is 438 g/mol. The molecule has 8 nitrogen and oxygen atoms in total. The number of hydrogen-bond donors (Lipinski definition) is 2. The third-order valence-corrected chi connectivity index (χ3v) is 7.76. The van der Waals surface area contributed by atoms with E-state index in [4.69, 9.17) is 9.15 Å². The highest BCUT2D eigenvalue weighted by Crippen LogP contribution is 2.45. The Kier molecular flexibility index (Phi) is 5.41. The van der Waals surface area contributed by atoms with Crippen LogP contribution in [0.5, 0.6) is 0 Å². The molecule has 4 heterocycles. The Labute approximate surface area is 189 Å². The van der Waals surface area contributed by atoms with E-state index >= 15 is 0 Å². The number of piperazine rings is 1. The van der Waals surface area contributed by atoms with E-state index in [1.54, 1.807) is 12.6 Å². The number of hydrazine groups is 1. The molecular weight excluding hydrogens is 404 g/mol. The highest BCUT2D eigenvalue weighted by atomic mass is 16.5. The van der Waals surface area contributed by atoms with E-state index in [0.29, 0.717) is 18.1 Å². The van der Waals surface area contributed by atoms with Crippen molar-refractivity contribution in [2.24, 2.45) is 5.92 Å². The lowest BCUT2D eigenvalue weighted by Gasteiger charge is -2.36. The Morgan fingerprint density at radius 1 is 1.16 bits per heavy atom. The van der Waals surface area contributed by atoms with Gasteiger partial charge in [-0.3, -0.25) is 10.3 Å². The predicted molar refractivity (Wildman–Crippen MR) is 121 cm³/mol. The minimum Gasteiger partial charge on any atom is -0.468 e. The number of furan rings is 1. The molecule has 2 aromatic heterocycles. The number of rotatable bonds is 6. The summed E-state index contributed by atoms with van der Waals surface area (Å²) in [5.74, 6) is 2.57. The first-order valence-corrected chi connectivity index (χ1v) is 12.2. The van der Waals surface area contributed by atoms with Crippen LogP contribution in [0.1, 0.15) is 56.5 Å². The van der Waals surface area contributed by atoms with Gasteiger partial charge >= 0.3 is 0 Å². The fourth-order valence-electron chi connectivity index (χ4n) is 5.58. The molecule has 6 rings (SSSR count). The second kappa shape index (κ2) is 8.41. The van der Waals surface area contributed by atoms with Crippen LogP contribution in [0.25, 0.3) is 0 Å². The van der Waals surface area contributed by atoms with Crippen molar-refractivity contribution in [3.63, 3.8) is 0 Å². The molecule has 172 valence electrons. The van der Waals surface area contributed by atoms with E-state index in [9.17, 15) is 0 Å². The number of fused-ring (bicyclic) bond motifs is 1. The lowest BCUT2D eigenvalue weighted by atomic mass is 9.79. The van der Waals surface area contributed by atoms with Gasteiger partial charge in [-0.2, -0.15) is 0 Å². The first kappa shape index (κ1) is 20.6. The summed E-state index contributed by atoms with van der Waals surface area (Å²) in [6.45, 7) is 7.07. The van der Waals surface area contributed by atoms with Crippen LogP contribution in [0, 0.1) is 5.92 Å². The normalized spacial score (nSPS) is 32.1. The van der Waals surface area contributed by atoms with Crippen LogP contribution in [0.2, 0.25) is 0 Å². The van der Waals surface area contributed by atoms with Gasteiger partial charge in [-0.15, -0.1) is 0 Å². The second-order valence-corrected chi connectivity index (χ2v) is 10.2. The molecule has 2 N–H and O–H groups in total. The molecule has 0 radical (unpaired) electrons. The predicted octanol–water partition coefficient (Wildman–Crippen LogP) is 2.65. The lowest BCUT2D eigenvalue weighted by Crippen LogP contribution is -2.46. The molecule has 8 heteroatoms. The Morgan fingerprint density at radius 3 is 2.81 bits per heavy atom. The minimum atomic E-state index is 0.146. The van der Waals surface area contributed by atoms with Crippen molar-refractivity contribution in [3.05, 3.63) is 42.2 Å². The van der Waals surface area contributed by atoms with Gasteiger partial charge in [-0.25, -0.2) is 15.4 Å². The average molecular weight is 439 g/mol. The van der Waals surface area contributed by atoms with Crippen LogP contribution in [0.15, 0.2) is 35.2 Å². The third-order valence-electron chi connectivity index (χ3n) is 7.76. The van der Waals surface area contributed by atoms with Gasteiger partial charge < -0.3 is 14.1 Å². The Bertz CT molecular complexity index is 909. The van der Waals surface area contributed by atoms with Crippen molar-refractivity contribution in [1.82, 2.24) is 25.7 Å². The van der Waals surface area contributed by atoms with Crippen LogP contribution in [-0.2, 0) is 11.3 Å². The minimum absolute atomic E-state index is 0.146. The van der Waals surface area contributed by atoms with E-state index in [0.717, 1.165) is 69.3 Å². The average Bonchev–Trinajstić information content (AvgIpc) is 3.18. The molecule has 4 atom stereocenters. The zero-order valence-corrected chi connectivity index (χ0v) is 18.9. The highest BCUT2D eigenvalue weighted by molar-refractivity contribution is 5.40. The van der Waals surface area contributed by atoms with Gasteiger partial charge in [0, 0.05) is 44.2 Å². The molecule has 0 bridgehead atoms. The number of aromatic nitrogens is 2. The molecule has 2 aromatic rings. The van der Waals surface area contributed by atoms with Gasteiger partial charge in [0.25, 0.3) is 0 Å². The van der Waals surface area contributed by atoms with Gasteiger partial charge in [0.1, 0.15) is 17.9 Å². The number of ether oxygens (including phenoxy) is 1. The van der Waals surface area contributed by atoms with Crippen LogP contribution >= 0.6 is 0 Å². The molecule has 4 unspecified atom stereocenters. The van der Waals surface area contributed by atoms with E-state index < -0.39 is 0 Å². The molecular formula is C24H34N6O2. The van der Waals surface area contributed by atoms with E-state index in [-0.39, 0.29) is 11.6 Å². The maximum absolute atomic E-state index is 6.44. The van der Waals surface area contributed by atoms with Crippen molar-refractivity contribution in [2.45, 2.75) is 69.4 Å². The zero-order valence-electron chi connectivity index (χ0n) is 18.9. The molecule has 0 amide bonds. The summed E-state index contributed by atoms with van der Waals surface area (Å²) in [6, 6.07) is 6.90. The van der Waals surface area contributed by atoms with Gasteiger partial charge in [-0.1, -0.05) is 0 Å². The molecule has 32 heavy (non-hydrogen) atoms. The first-order valence-electron chi connectivity index (χ1n) is 12.2. The largest absolute Gasteiger partial charge is 0.468 e. The van der Waals surface area contributed by atoms with Crippen molar-refractivity contribution in [1.29, 1.82) is 0 Å². The summed E-state index contributed by atoms with van der Waals surface area (Å²) < 4.78 is 11.9. The topological polar surface area (TPSA) is 78.7 Å². The van der Waals surface area contributed by atoms with Crippen LogP contribution in [0.4, 0.5) is 5.82 Å². The first-order chi connectivity index (χ1) is 15.7. The fraction of sp³-hybridized carbons (Fsp3) is 0.667. The summed E-state index contributed by atoms with van der Waals surface area (Å²) in [6.07, 6.45) is 9.67. The van der Waals surface area contributed by atoms with Crippen molar-refractivity contribution < 1.29 is 9.15 Å².